The molecule has 1 aliphatic heterocycles. The number of carboxylic acid groups (broad SMARTS) is 1. The minimum absolute atomic E-state index is 0.332. The number of hydrogen-bond donors (Lipinski definition) is 2. The van der Waals surface area contributed by atoms with Crippen molar-refractivity contribution in [1.82, 2.24) is 4.90 Å². The molecule has 0 aromatic heterocycles. The van der Waals surface area contributed by atoms with E-state index in [0.717, 1.165) is 0 Å². The predicted octanol–water partition coefficient (Wildman–Crippen LogP) is 2.64. The van der Waals surface area contributed by atoms with Gasteiger partial charge in [0.05, 0.1) is 6.10 Å². The molecule has 2 rings (SSSR count). The van der Waals surface area contributed by atoms with Crippen molar-refractivity contribution in [2.45, 2.75) is 25.9 Å². The van der Waals surface area contributed by atoms with Crippen LogP contribution in [0, 0.1) is 11.2 Å². The zero-order valence-corrected chi connectivity index (χ0v) is 10.8. The lowest BCUT2D eigenvalue weighted by Gasteiger charge is -2.41. The third-order valence-corrected chi connectivity index (χ3v) is 4.02. The van der Waals surface area contributed by atoms with Crippen molar-refractivity contribution in [2.75, 3.05) is 13.1 Å². The summed E-state index contributed by atoms with van der Waals surface area (Å²) in [5, 5.41) is 19.3. The Labute approximate surface area is 111 Å². The van der Waals surface area contributed by atoms with E-state index in [4.69, 9.17) is 5.11 Å². The quantitative estimate of drug-likeness (QED) is 0.866. The number of rotatable bonds is 2. The van der Waals surface area contributed by atoms with Crippen LogP contribution in [0.2, 0.25) is 0 Å². The maximum atomic E-state index is 12.9. The van der Waals surface area contributed by atoms with E-state index in [1.165, 1.54) is 17.0 Å². The molecule has 1 unspecified atom stereocenters. The highest BCUT2D eigenvalue weighted by atomic mass is 19.1. The van der Waals surface area contributed by atoms with Gasteiger partial charge in [0.15, 0.2) is 0 Å². The van der Waals surface area contributed by atoms with Crippen LogP contribution in [0.25, 0.3) is 0 Å². The van der Waals surface area contributed by atoms with Crippen LogP contribution >= 0.6 is 0 Å². The predicted molar refractivity (Wildman–Crippen MR) is 68.3 cm³/mol. The average Bonchev–Trinajstić information content (AvgIpc) is 2.39. The number of amides is 1. The van der Waals surface area contributed by atoms with Crippen LogP contribution in [0.15, 0.2) is 24.3 Å². The molecule has 0 radical (unpaired) electrons. The topological polar surface area (TPSA) is 60.8 Å². The van der Waals surface area contributed by atoms with E-state index in [9.17, 15) is 14.3 Å². The van der Waals surface area contributed by atoms with E-state index in [2.05, 4.69) is 0 Å². The highest BCUT2D eigenvalue weighted by Gasteiger charge is 2.38. The van der Waals surface area contributed by atoms with Crippen LogP contribution in [0.3, 0.4) is 0 Å². The van der Waals surface area contributed by atoms with Gasteiger partial charge in [-0.1, -0.05) is 19.1 Å². The molecule has 104 valence electrons. The molecule has 2 N–H and O–H groups in total. The Morgan fingerprint density at radius 2 is 1.84 bits per heavy atom. The number of aliphatic hydroxyl groups excluding tert-OH is 1. The van der Waals surface area contributed by atoms with Gasteiger partial charge in [-0.15, -0.1) is 0 Å². The van der Waals surface area contributed by atoms with Gasteiger partial charge < -0.3 is 15.1 Å². The summed E-state index contributed by atoms with van der Waals surface area (Å²) < 4.78 is 12.9. The number of nitrogens with zero attached hydrogens (tertiary/aromatic N) is 1. The molecule has 1 aliphatic rings. The number of carbonyl (C=O) groups is 1. The summed E-state index contributed by atoms with van der Waals surface area (Å²) in [6.45, 7) is 2.79. The zero-order chi connectivity index (χ0) is 14.0. The Bertz CT molecular complexity index is 452. The van der Waals surface area contributed by atoms with Crippen molar-refractivity contribution in [3.63, 3.8) is 0 Å². The maximum absolute atomic E-state index is 12.9. The average molecular weight is 267 g/mol. The van der Waals surface area contributed by atoms with Crippen LogP contribution in [-0.4, -0.2) is 34.3 Å². The minimum Gasteiger partial charge on any atom is -0.465 e. The molecule has 1 heterocycles. The second-order valence-corrected chi connectivity index (χ2v) is 5.38. The van der Waals surface area contributed by atoms with Gasteiger partial charge in [-0.3, -0.25) is 0 Å². The van der Waals surface area contributed by atoms with Gasteiger partial charge in [0.2, 0.25) is 0 Å². The van der Waals surface area contributed by atoms with Crippen LogP contribution < -0.4 is 0 Å². The first-order valence-electron chi connectivity index (χ1n) is 6.34. The molecule has 19 heavy (non-hydrogen) atoms. The number of benzene rings is 1. The normalized spacial score (nSPS) is 20.1. The Morgan fingerprint density at radius 1 is 1.32 bits per heavy atom. The molecule has 0 spiro atoms. The molecule has 1 atom stereocenters. The molecular formula is C14H18FNO3. The first-order chi connectivity index (χ1) is 8.92. The molecule has 1 aromatic rings. The van der Waals surface area contributed by atoms with Crippen molar-refractivity contribution in [3.05, 3.63) is 35.6 Å². The molecule has 0 bridgehead atoms. The Kier molecular flexibility index (Phi) is 3.75. The lowest BCUT2D eigenvalue weighted by Crippen LogP contribution is -2.43. The highest BCUT2D eigenvalue weighted by Crippen LogP contribution is 2.42. The van der Waals surface area contributed by atoms with Crippen LogP contribution in [0.1, 0.15) is 31.4 Å². The van der Waals surface area contributed by atoms with E-state index >= 15 is 0 Å². The molecule has 4 nitrogen and oxygen atoms in total. The molecule has 1 saturated heterocycles. The number of piperidine rings is 1. The summed E-state index contributed by atoms with van der Waals surface area (Å²) in [5.41, 5.74) is 0.303. The smallest absolute Gasteiger partial charge is 0.407 e. The molecule has 1 aromatic carbocycles. The molecule has 5 heteroatoms. The van der Waals surface area contributed by atoms with Gasteiger partial charge in [0.25, 0.3) is 0 Å². The zero-order valence-electron chi connectivity index (χ0n) is 10.8. The van der Waals surface area contributed by atoms with Gasteiger partial charge in [0, 0.05) is 18.5 Å². The number of hydrogen-bond acceptors (Lipinski definition) is 2. The van der Waals surface area contributed by atoms with Crippen molar-refractivity contribution >= 4 is 6.09 Å². The largest absolute Gasteiger partial charge is 0.465 e. The van der Waals surface area contributed by atoms with E-state index in [0.29, 0.717) is 31.5 Å². The van der Waals surface area contributed by atoms with Crippen molar-refractivity contribution in [2.24, 2.45) is 5.41 Å². The van der Waals surface area contributed by atoms with Gasteiger partial charge in [-0.2, -0.15) is 0 Å². The fourth-order valence-electron chi connectivity index (χ4n) is 2.53. The molecule has 0 aliphatic carbocycles. The second-order valence-electron chi connectivity index (χ2n) is 5.38. The number of likely N-dealkylation sites (tertiary alicyclic amines) is 1. The van der Waals surface area contributed by atoms with Gasteiger partial charge in [-0.05, 0) is 30.5 Å². The first-order valence-corrected chi connectivity index (χ1v) is 6.34. The SMILES string of the molecule is CC1(C(O)c2ccc(F)cc2)CCN(C(=O)O)CC1. The monoisotopic (exact) mass is 267 g/mol. The molecule has 1 fully saturated rings. The third-order valence-electron chi connectivity index (χ3n) is 4.02. The van der Waals surface area contributed by atoms with Crippen LogP contribution in [0.5, 0.6) is 0 Å². The fraction of sp³-hybridized carbons (Fsp3) is 0.500. The second kappa shape index (κ2) is 5.17. The number of aliphatic hydroxyl groups is 1. The first kappa shape index (κ1) is 13.8. The Balaban J connectivity index is 2.08. The minimum atomic E-state index is -0.918. The Morgan fingerprint density at radius 3 is 2.32 bits per heavy atom. The van der Waals surface area contributed by atoms with Crippen LogP contribution in [0.4, 0.5) is 9.18 Å². The van der Waals surface area contributed by atoms with E-state index in [1.807, 2.05) is 6.92 Å². The summed E-state index contributed by atoms with van der Waals surface area (Å²) in [7, 11) is 0. The van der Waals surface area contributed by atoms with Crippen molar-refractivity contribution in [3.8, 4) is 0 Å². The summed E-state index contributed by atoms with van der Waals surface area (Å²) >= 11 is 0. The maximum Gasteiger partial charge on any atom is 0.407 e. The summed E-state index contributed by atoms with van der Waals surface area (Å²) in [4.78, 5) is 12.2. The summed E-state index contributed by atoms with van der Waals surface area (Å²) in [5.74, 6) is -0.332. The Hall–Kier alpha value is -1.62. The van der Waals surface area contributed by atoms with Gasteiger partial charge in [-0.25, -0.2) is 9.18 Å². The molecular weight excluding hydrogens is 249 g/mol. The lowest BCUT2D eigenvalue weighted by atomic mass is 9.73. The van der Waals surface area contributed by atoms with Crippen LogP contribution in [-0.2, 0) is 0 Å². The van der Waals surface area contributed by atoms with Crippen molar-refractivity contribution < 1.29 is 19.4 Å². The van der Waals surface area contributed by atoms with Crippen molar-refractivity contribution in [1.29, 1.82) is 0 Å². The summed E-state index contributed by atoms with van der Waals surface area (Å²) in [6.07, 6.45) is -0.433. The summed E-state index contributed by atoms with van der Waals surface area (Å²) in [6, 6.07) is 5.81. The standard InChI is InChI=1S/C14H18FNO3/c1-14(6-8-16(9-7-14)13(18)19)12(17)10-2-4-11(15)5-3-10/h2-5,12,17H,6-9H2,1H3,(H,18,19). The highest BCUT2D eigenvalue weighted by molar-refractivity contribution is 5.65. The number of halogens is 1. The third kappa shape index (κ3) is 2.87. The lowest BCUT2D eigenvalue weighted by molar-refractivity contribution is -0.00988. The fourth-order valence-corrected chi connectivity index (χ4v) is 2.53. The van der Waals surface area contributed by atoms with E-state index < -0.39 is 12.2 Å². The van der Waals surface area contributed by atoms with Gasteiger partial charge >= 0.3 is 6.09 Å². The van der Waals surface area contributed by atoms with E-state index in [-0.39, 0.29) is 11.2 Å². The molecule has 1 amide bonds. The molecule has 0 saturated carbocycles. The van der Waals surface area contributed by atoms with E-state index in [1.54, 1.807) is 12.1 Å². The van der Waals surface area contributed by atoms with Gasteiger partial charge in [0.1, 0.15) is 5.82 Å².